The van der Waals surface area contributed by atoms with Gasteiger partial charge in [-0.3, -0.25) is 14.4 Å². The van der Waals surface area contributed by atoms with E-state index in [1.165, 1.54) is 18.4 Å². The molecular formula is C17H18N2O4. The highest BCUT2D eigenvalue weighted by Crippen LogP contribution is 2.13. The number of nitrogens with one attached hydrogen (secondary N) is 2. The van der Waals surface area contributed by atoms with Crippen molar-refractivity contribution in [2.75, 3.05) is 13.1 Å². The van der Waals surface area contributed by atoms with Crippen molar-refractivity contribution in [1.82, 2.24) is 10.6 Å². The maximum absolute atomic E-state index is 12.3. The zero-order valence-corrected chi connectivity index (χ0v) is 12.8. The van der Waals surface area contributed by atoms with Crippen molar-refractivity contribution in [3.05, 3.63) is 51.9 Å². The van der Waals surface area contributed by atoms with Crippen LogP contribution in [0.1, 0.15) is 17.5 Å². The Morgan fingerprint density at radius 1 is 1.30 bits per heavy atom. The number of amides is 2. The molecule has 2 amide bonds. The lowest BCUT2D eigenvalue weighted by atomic mass is 10.1. The first-order valence-corrected chi connectivity index (χ1v) is 7.27. The van der Waals surface area contributed by atoms with Gasteiger partial charge in [-0.1, -0.05) is 11.6 Å². The Hall–Kier alpha value is -2.89. The molecule has 1 aromatic heterocycles. The molecule has 0 saturated heterocycles. The molecule has 6 nitrogen and oxygen atoms in total. The highest BCUT2D eigenvalue weighted by Gasteiger charge is 2.05. The van der Waals surface area contributed by atoms with Crippen LogP contribution in [-0.2, 0) is 9.59 Å². The topological polar surface area (TPSA) is 88.4 Å². The fourth-order valence-corrected chi connectivity index (χ4v) is 2.06. The second kappa shape index (κ2) is 7.93. The van der Waals surface area contributed by atoms with Crippen LogP contribution in [0.3, 0.4) is 0 Å². The van der Waals surface area contributed by atoms with Crippen LogP contribution < -0.4 is 16.1 Å². The van der Waals surface area contributed by atoms with Crippen LogP contribution in [0.2, 0.25) is 0 Å². The molecule has 0 unspecified atom stereocenters. The van der Waals surface area contributed by atoms with Gasteiger partial charge in [-0.15, -0.1) is 0 Å². The van der Waals surface area contributed by atoms with Gasteiger partial charge in [-0.05, 0) is 31.6 Å². The van der Waals surface area contributed by atoms with Crippen LogP contribution in [0.25, 0.3) is 17.0 Å². The van der Waals surface area contributed by atoms with Crippen molar-refractivity contribution < 1.29 is 14.0 Å². The SMILES string of the molecule is Cc1ccc2occ(/C=C/C(=O)NCCCNC=O)c(=O)c2c1. The van der Waals surface area contributed by atoms with Gasteiger partial charge < -0.3 is 15.1 Å². The fraction of sp³-hybridized carbons (Fsp3) is 0.235. The largest absolute Gasteiger partial charge is 0.463 e. The summed E-state index contributed by atoms with van der Waals surface area (Å²) in [4.78, 5) is 34.1. The molecule has 23 heavy (non-hydrogen) atoms. The molecule has 0 aliphatic heterocycles. The van der Waals surface area contributed by atoms with E-state index in [1.807, 2.05) is 13.0 Å². The monoisotopic (exact) mass is 314 g/mol. The predicted octanol–water partition coefficient (Wildman–Crippen LogP) is 1.37. The van der Waals surface area contributed by atoms with Gasteiger partial charge in [0.15, 0.2) is 5.43 Å². The van der Waals surface area contributed by atoms with Gasteiger partial charge in [0, 0.05) is 19.2 Å². The average molecular weight is 314 g/mol. The molecule has 0 fully saturated rings. The summed E-state index contributed by atoms with van der Waals surface area (Å²) >= 11 is 0. The first-order chi connectivity index (χ1) is 11.1. The molecule has 0 bridgehead atoms. The fourth-order valence-electron chi connectivity index (χ4n) is 2.06. The van der Waals surface area contributed by atoms with Gasteiger partial charge >= 0.3 is 0 Å². The number of carbonyl (C=O) groups is 2. The summed E-state index contributed by atoms with van der Waals surface area (Å²) in [5, 5.41) is 5.66. The molecule has 0 saturated carbocycles. The molecule has 1 aromatic carbocycles. The smallest absolute Gasteiger partial charge is 0.244 e. The first-order valence-electron chi connectivity index (χ1n) is 7.27. The van der Waals surface area contributed by atoms with Crippen molar-refractivity contribution in [1.29, 1.82) is 0 Å². The quantitative estimate of drug-likeness (QED) is 0.459. The van der Waals surface area contributed by atoms with Crippen molar-refractivity contribution in [2.45, 2.75) is 13.3 Å². The number of rotatable bonds is 7. The van der Waals surface area contributed by atoms with Crippen molar-refractivity contribution in [3.8, 4) is 0 Å². The maximum atomic E-state index is 12.3. The molecule has 0 atom stereocenters. The second-order valence-corrected chi connectivity index (χ2v) is 5.07. The third kappa shape index (κ3) is 4.54. The molecule has 0 aliphatic carbocycles. The molecule has 120 valence electrons. The lowest BCUT2D eigenvalue weighted by Crippen LogP contribution is -2.25. The van der Waals surface area contributed by atoms with Gasteiger partial charge in [-0.25, -0.2) is 0 Å². The van der Waals surface area contributed by atoms with E-state index < -0.39 is 0 Å². The third-order valence-electron chi connectivity index (χ3n) is 3.25. The summed E-state index contributed by atoms with van der Waals surface area (Å²) in [7, 11) is 0. The van der Waals surface area contributed by atoms with Gasteiger partial charge in [0.05, 0.1) is 10.9 Å². The predicted molar refractivity (Wildman–Crippen MR) is 87.9 cm³/mol. The van der Waals surface area contributed by atoms with Crippen LogP contribution in [0.15, 0.2) is 39.7 Å². The summed E-state index contributed by atoms with van der Waals surface area (Å²) in [5.41, 5.74) is 1.63. The Labute approximate surface area is 133 Å². The number of aryl methyl sites for hydroxylation is 1. The van der Waals surface area contributed by atoms with E-state index >= 15 is 0 Å². The number of carbonyl (C=O) groups excluding carboxylic acids is 2. The van der Waals surface area contributed by atoms with E-state index in [0.29, 0.717) is 42.5 Å². The highest BCUT2D eigenvalue weighted by atomic mass is 16.3. The van der Waals surface area contributed by atoms with Crippen LogP contribution >= 0.6 is 0 Å². The molecule has 6 heteroatoms. The Balaban J connectivity index is 2.03. The standard InChI is InChI=1S/C17H18N2O4/c1-12-3-5-15-14(9-12)17(22)13(10-23-15)4-6-16(21)19-8-2-7-18-11-20/h3-6,9-11H,2,7-8H2,1H3,(H,18,20)(H,19,21)/b6-4+. The molecule has 2 rings (SSSR count). The minimum Gasteiger partial charge on any atom is -0.463 e. The molecule has 0 aliphatic rings. The first kappa shape index (κ1) is 16.5. The minimum atomic E-state index is -0.306. The zero-order valence-electron chi connectivity index (χ0n) is 12.8. The molecule has 2 aromatic rings. The van der Waals surface area contributed by atoms with Crippen LogP contribution in [0.4, 0.5) is 0 Å². The van der Waals surface area contributed by atoms with E-state index in [0.717, 1.165) is 5.56 Å². The van der Waals surface area contributed by atoms with Crippen LogP contribution in [0.5, 0.6) is 0 Å². The van der Waals surface area contributed by atoms with E-state index in [-0.39, 0.29) is 11.3 Å². The Morgan fingerprint density at radius 2 is 2.13 bits per heavy atom. The summed E-state index contributed by atoms with van der Waals surface area (Å²) in [6.45, 7) is 2.84. The van der Waals surface area contributed by atoms with Gasteiger partial charge in [0.1, 0.15) is 11.8 Å². The van der Waals surface area contributed by atoms with Crippen LogP contribution in [-0.4, -0.2) is 25.4 Å². The summed E-state index contributed by atoms with van der Waals surface area (Å²) in [6.07, 6.45) is 5.32. The Kier molecular flexibility index (Phi) is 5.68. The Bertz CT molecular complexity index is 793. The Morgan fingerprint density at radius 3 is 2.91 bits per heavy atom. The van der Waals surface area contributed by atoms with Crippen molar-refractivity contribution in [3.63, 3.8) is 0 Å². The van der Waals surface area contributed by atoms with E-state index in [9.17, 15) is 14.4 Å². The average Bonchev–Trinajstić information content (AvgIpc) is 2.54. The minimum absolute atomic E-state index is 0.172. The van der Waals surface area contributed by atoms with Crippen LogP contribution in [0, 0.1) is 6.92 Å². The van der Waals surface area contributed by atoms with Crippen molar-refractivity contribution in [2.24, 2.45) is 0 Å². The zero-order chi connectivity index (χ0) is 16.7. The molecule has 2 N–H and O–H groups in total. The summed E-state index contributed by atoms with van der Waals surface area (Å²) in [6, 6.07) is 5.38. The lowest BCUT2D eigenvalue weighted by Gasteiger charge is -2.02. The van der Waals surface area contributed by atoms with Gasteiger partial charge in [0.25, 0.3) is 0 Å². The highest BCUT2D eigenvalue weighted by molar-refractivity contribution is 5.92. The van der Waals surface area contributed by atoms with Gasteiger partial charge in [0.2, 0.25) is 12.3 Å². The van der Waals surface area contributed by atoms with Gasteiger partial charge in [-0.2, -0.15) is 0 Å². The number of benzene rings is 1. The molecule has 0 radical (unpaired) electrons. The van der Waals surface area contributed by atoms with E-state index in [4.69, 9.17) is 4.42 Å². The lowest BCUT2D eigenvalue weighted by molar-refractivity contribution is -0.116. The number of fused-ring (bicyclic) bond motifs is 1. The normalized spacial score (nSPS) is 10.8. The molecule has 0 spiro atoms. The molecule has 1 heterocycles. The third-order valence-corrected chi connectivity index (χ3v) is 3.25. The summed E-state index contributed by atoms with van der Waals surface area (Å²) in [5.74, 6) is -0.306. The van der Waals surface area contributed by atoms with E-state index in [2.05, 4.69) is 10.6 Å². The number of hydrogen-bond acceptors (Lipinski definition) is 4. The molecular weight excluding hydrogens is 296 g/mol. The second-order valence-electron chi connectivity index (χ2n) is 5.07. The van der Waals surface area contributed by atoms with E-state index in [1.54, 1.807) is 12.1 Å². The van der Waals surface area contributed by atoms with Crippen molar-refractivity contribution >= 4 is 29.4 Å². The number of hydrogen-bond donors (Lipinski definition) is 2. The summed E-state index contributed by atoms with van der Waals surface area (Å²) < 4.78 is 5.41. The maximum Gasteiger partial charge on any atom is 0.244 e.